The SMILES string of the molecule is CCN(CC[N+]12CCN(CC1)CC2)c1ccc(/N=N/c2nc3cc([N+](=O)[O-])ccc3[nH]2)cc1. The molecule has 0 spiro atoms. The summed E-state index contributed by atoms with van der Waals surface area (Å²) in [5, 5.41) is 19.4. The van der Waals surface area contributed by atoms with Crippen molar-refractivity contribution < 1.29 is 9.41 Å². The number of nitro groups is 1. The molecule has 0 saturated carbocycles. The number of fused-ring (bicyclic) bond motifs is 4. The average Bonchev–Trinajstić information content (AvgIpc) is 3.27. The van der Waals surface area contributed by atoms with E-state index < -0.39 is 4.92 Å². The normalized spacial score (nSPS) is 22.3. The zero-order chi connectivity index (χ0) is 22.8. The molecule has 10 heteroatoms. The zero-order valence-corrected chi connectivity index (χ0v) is 18.9. The number of non-ortho nitro benzene ring substituents is 1. The highest BCUT2D eigenvalue weighted by Gasteiger charge is 2.38. The number of nitro benzene ring substituents is 1. The van der Waals surface area contributed by atoms with Gasteiger partial charge in [0.05, 0.1) is 54.4 Å². The van der Waals surface area contributed by atoms with Crippen LogP contribution >= 0.6 is 0 Å². The van der Waals surface area contributed by atoms with E-state index in [4.69, 9.17) is 0 Å². The molecule has 33 heavy (non-hydrogen) atoms. The molecule has 3 saturated heterocycles. The van der Waals surface area contributed by atoms with Gasteiger partial charge in [0.15, 0.2) is 0 Å². The van der Waals surface area contributed by atoms with Crippen LogP contribution in [0.4, 0.5) is 23.0 Å². The van der Waals surface area contributed by atoms with Crippen LogP contribution in [0.1, 0.15) is 6.92 Å². The van der Waals surface area contributed by atoms with Gasteiger partial charge < -0.3 is 14.4 Å². The lowest BCUT2D eigenvalue weighted by Gasteiger charge is -2.51. The Kier molecular flexibility index (Phi) is 5.77. The van der Waals surface area contributed by atoms with Crippen molar-refractivity contribution in [2.24, 2.45) is 10.2 Å². The summed E-state index contributed by atoms with van der Waals surface area (Å²) in [5.41, 5.74) is 3.11. The van der Waals surface area contributed by atoms with Gasteiger partial charge in [-0.1, -0.05) is 0 Å². The number of aromatic nitrogens is 2. The van der Waals surface area contributed by atoms with Crippen molar-refractivity contribution in [3.05, 3.63) is 52.6 Å². The van der Waals surface area contributed by atoms with E-state index in [1.165, 1.54) is 68.1 Å². The lowest BCUT2D eigenvalue weighted by molar-refractivity contribution is -0.939. The minimum Gasteiger partial charge on any atom is -0.366 e. The van der Waals surface area contributed by atoms with Crippen molar-refractivity contribution in [2.75, 3.05) is 63.8 Å². The first-order valence-corrected chi connectivity index (χ1v) is 11.5. The number of H-pyrrole nitrogens is 1. The van der Waals surface area contributed by atoms with E-state index in [0.29, 0.717) is 17.0 Å². The van der Waals surface area contributed by atoms with Crippen LogP contribution in [0.5, 0.6) is 0 Å². The van der Waals surface area contributed by atoms with Gasteiger partial charge in [-0.15, -0.1) is 10.2 Å². The second-order valence-electron chi connectivity index (χ2n) is 8.89. The van der Waals surface area contributed by atoms with Gasteiger partial charge >= 0.3 is 0 Å². The molecule has 3 aliphatic rings. The number of quaternary nitrogens is 1. The first-order chi connectivity index (χ1) is 16.0. The van der Waals surface area contributed by atoms with Crippen LogP contribution in [0.3, 0.4) is 0 Å². The molecule has 0 atom stereocenters. The Hall–Kier alpha value is -3.37. The number of hydrogen-bond acceptors (Lipinski definition) is 7. The molecule has 0 amide bonds. The average molecular weight is 450 g/mol. The third kappa shape index (κ3) is 4.57. The molecule has 3 aromatic rings. The van der Waals surface area contributed by atoms with Gasteiger partial charge in [0, 0.05) is 44.0 Å². The first-order valence-electron chi connectivity index (χ1n) is 11.5. The van der Waals surface area contributed by atoms with Crippen LogP contribution in [0.25, 0.3) is 11.0 Å². The fourth-order valence-electron chi connectivity index (χ4n) is 4.85. The number of hydrogen-bond donors (Lipinski definition) is 1. The number of azo groups is 1. The van der Waals surface area contributed by atoms with Crippen molar-refractivity contribution in [3.8, 4) is 0 Å². The highest BCUT2D eigenvalue weighted by atomic mass is 16.6. The van der Waals surface area contributed by atoms with Crippen molar-refractivity contribution >= 4 is 34.0 Å². The Morgan fingerprint density at radius 3 is 2.52 bits per heavy atom. The molecule has 1 N–H and O–H groups in total. The van der Waals surface area contributed by atoms with Gasteiger partial charge in [-0.05, 0) is 37.3 Å². The van der Waals surface area contributed by atoms with Gasteiger partial charge in [-0.3, -0.25) is 15.0 Å². The van der Waals surface area contributed by atoms with E-state index >= 15 is 0 Å². The largest absolute Gasteiger partial charge is 0.366 e. The molecule has 4 heterocycles. The van der Waals surface area contributed by atoms with Crippen molar-refractivity contribution in [1.82, 2.24) is 14.9 Å². The van der Waals surface area contributed by atoms with E-state index in [2.05, 4.69) is 49.1 Å². The van der Waals surface area contributed by atoms with Crippen LogP contribution in [0.2, 0.25) is 0 Å². The molecule has 3 fully saturated rings. The summed E-state index contributed by atoms with van der Waals surface area (Å²) in [5.74, 6) is 0.320. The summed E-state index contributed by atoms with van der Waals surface area (Å²) < 4.78 is 1.26. The highest BCUT2D eigenvalue weighted by molar-refractivity contribution is 5.79. The second-order valence-corrected chi connectivity index (χ2v) is 8.89. The van der Waals surface area contributed by atoms with E-state index in [1.807, 2.05) is 12.1 Å². The molecular weight excluding hydrogens is 420 g/mol. The lowest BCUT2D eigenvalue weighted by Crippen LogP contribution is -2.68. The van der Waals surface area contributed by atoms with Crippen LogP contribution in [0.15, 0.2) is 52.7 Å². The molecule has 3 aliphatic heterocycles. The number of nitrogens with zero attached hydrogens (tertiary/aromatic N) is 7. The molecule has 0 radical (unpaired) electrons. The summed E-state index contributed by atoms with van der Waals surface area (Å²) in [6.45, 7) is 13.0. The van der Waals surface area contributed by atoms with Crippen LogP contribution in [-0.4, -0.2) is 83.2 Å². The molecule has 172 valence electrons. The van der Waals surface area contributed by atoms with Crippen molar-refractivity contribution in [1.29, 1.82) is 0 Å². The van der Waals surface area contributed by atoms with Crippen molar-refractivity contribution in [3.63, 3.8) is 0 Å². The third-order valence-corrected chi connectivity index (χ3v) is 7.04. The molecule has 6 rings (SSSR count). The minimum absolute atomic E-state index is 0.000835. The van der Waals surface area contributed by atoms with Gasteiger partial charge in [-0.2, -0.15) is 0 Å². The fourth-order valence-corrected chi connectivity index (χ4v) is 4.85. The maximum absolute atomic E-state index is 10.9. The maximum atomic E-state index is 10.9. The molecule has 2 aromatic carbocycles. The predicted molar refractivity (Wildman–Crippen MR) is 127 cm³/mol. The monoisotopic (exact) mass is 449 g/mol. The highest BCUT2D eigenvalue weighted by Crippen LogP contribution is 2.25. The summed E-state index contributed by atoms with van der Waals surface area (Å²) >= 11 is 0. The first kappa shape index (κ1) is 21.5. The van der Waals surface area contributed by atoms with Crippen LogP contribution in [-0.2, 0) is 0 Å². The number of anilines is 1. The molecule has 0 unspecified atom stereocenters. The Balaban J connectivity index is 1.23. The molecule has 1 aromatic heterocycles. The van der Waals surface area contributed by atoms with E-state index in [-0.39, 0.29) is 5.69 Å². The van der Waals surface area contributed by atoms with E-state index in [0.717, 1.165) is 18.8 Å². The summed E-state index contributed by atoms with van der Waals surface area (Å²) in [7, 11) is 0. The predicted octanol–water partition coefficient (Wildman–Crippen LogP) is 3.86. The number of piperazine rings is 3. The third-order valence-electron chi connectivity index (χ3n) is 7.04. The van der Waals surface area contributed by atoms with Crippen LogP contribution in [0, 0.1) is 10.1 Å². The number of imidazole rings is 1. The fraction of sp³-hybridized carbons (Fsp3) is 0.435. The topological polar surface area (TPSA) is 103 Å². The molecule has 2 bridgehead atoms. The summed E-state index contributed by atoms with van der Waals surface area (Å²) in [6, 6.07) is 12.6. The van der Waals surface area contributed by atoms with Crippen LogP contribution < -0.4 is 4.90 Å². The number of rotatable bonds is 8. The number of benzene rings is 2. The molecule has 0 aliphatic carbocycles. The molecule has 10 nitrogen and oxygen atoms in total. The van der Waals surface area contributed by atoms with Gasteiger partial charge in [0.25, 0.3) is 5.69 Å². The Bertz CT molecular complexity index is 1150. The van der Waals surface area contributed by atoms with Gasteiger partial charge in [0.2, 0.25) is 5.95 Å². The number of likely N-dealkylation sites (N-methyl/N-ethyl adjacent to an activating group) is 1. The van der Waals surface area contributed by atoms with E-state index in [1.54, 1.807) is 6.07 Å². The van der Waals surface area contributed by atoms with Gasteiger partial charge in [-0.25, -0.2) is 4.98 Å². The van der Waals surface area contributed by atoms with Gasteiger partial charge in [0.1, 0.15) is 0 Å². The van der Waals surface area contributed by atoms with E-state index in [9.17, 15) is 10.1 Å². The van der Waals surface area contributed by atoms with Crippen molar-refractivity contribution in [2.45, 2.75) is 6.92 Å². The Morgan fingerprint density at radius 1 is 1.12 bits per heavy atom. The second kappa shape index (κ2) is 8.87. The Morgan fingerprint density at radius 2 is 1.85 bits per heavy atom. The standard InChI is InChI=1S/C23H29N8O2/c1-2-29(12-16-31-13-9-28(10-14-31)11-15-31)19-5-3-18(4-6-19)26-27-23-24-21-8-7-20(30(32)33)17-22(21)25-23/h3-8,17H,2,9-16H2,1H3,(H,24,25)/q+1/b27-26+. The summed E-state index contributed by atoms with van der Waals surface area (Å²) in [6.07, 6.45) is 0. The molecular formula is C23H29N8O2+. The maximum Gasteiger partial charge on any atom is 0.271 e. The minimum atomic E-state index is -0.438. The number of aromatic amines is 1. The lowest BCUT2D eigenvalue weighted by atomic mass is 10.1. The zero-order valence-electron chi connectivity index (χ0n) is 18.9. The smallest absolute Gasteiger partial charge is 0.271 e. The Labute approximate surface area is 192 Å². The summed E-state index contributed by atoms with van der Waals surface area (Å²) in [4.78, 5) is 22.8. The quantitative estimate of drug-likeness (QED) is 0.243. The number of nitrogens with one attached hydrogen (secondary N) is 1.